The van der Waals surface area contributed by atoms with E-state index in [1.807, 2.05) is 103 Å². The standard InChI is InChI=1S/C47H51N3O8/c1-54-43-24-36-21-22-50(28-38(36)25-44(43)55-2)29-39-26-42(34-15-13-32(30-51)14-16-34)58-46(57-39)35-19-17-33(18-20-35)40-12-8-7-11-37(40)27-48-47(53)49-41(45(52)56-3)23-31-9-5-4-6-10-31/h4-20,24-25,39,41-42,46,51H,21-23,26-30H2,1-3H3,(H2,48,49,53)/t39-,41+,42+,46+/m1/s1. The zero-order valence-corrected chi connectivity index (χ0v) is 33.2. The summed E-state index contributed by atoms with van der Waals surface area (Å²) in [5.74, 6) is 0.967. The van der Waals surface area contributed by atoms with Crippen LogP contribution in [0.3, 0.4) is 0 Å². The largest absolute Gasteiger partial charge is 0.493 e. The van der Waals surface area contributed by atoms with Crippen molar-refractivity contribution < 1.29 is 38.4 Å². The molecule has 1 fully saturated rings. The average Bonchev–Trinajstić information content (AvgIpc) is 3.27. The fraction of sp³-hybridized carbons (Fsp3) is 0.319. The molecule has 0 bridgehead atoms. The molecule has 2 aliphatic heterocycles. The van der Waals surface area contributed by atoms with E-state index in [1.165, 1.54) is 18.2 Å². The maximum Gasteiger partial charge on any atom is 0.328 e. The number of rotatable bonds is 14. The summed E-state index contributed by atoms with van der Waals surface area (Å²) in [7, 11) is 4.64. The summed E-state index contributed by atoms with van der Waals surface area (Å²) >= 11 is 0. The van der Waals surface area contributed by atoms with Gasteiger partial charge in [-0.2, -0.15) is 0 Å². The van der Waals surface area contributed by atoms with Crippen molar-refractivity contribution in [2.75, 3.05) is 34.4 Å². The van der Waals surface area contributed by atoms with Crippen LogP contribution in [0.25, 0.3) is 11.1 Å². The third kappa shape index (κ3) is 9.86. The van der Waals surface area contributed by atoms with Crippen LogP contribution in [-0.2, 0) is 51.5 Å². The van der Waals surface area contributed by atoms with E-state index < -0.39 is 24.3 Å². The Bertz CT molecular complexity index is 2140. The van der Waals surface area contributed by atoms with E-state index in [0.29, 0.717) is 12.8 Å². The van der Waals surface area contributed by atoms with E-state index in [-0.39, 0.29) is 25.4 Å². The molecule has 3 N–H and O–H groups in total. The number of amides is 2. The summed E-state index contributed by atoms with van der Waals surface area (Å²) in [4.78, 5) is 28.0. The number of ether oxygens (including phenoxy) is 5. The van der Waals surface area contributed by atoms with Crippen LogP contribution in [0, 0.1) is 0 Å². The predicted molar refractivity (Wildman–Crippen MR) is 220 cm³/mol. The number of carbonyl (C=O) groups excluding carboxylic acids is 2. The first-order valence-corrected chi connectivity index (χ1v) is 19.6. The van der Waals surface area contributed by atoms with Crippen LogP contribution >= 0.6 is 0 Å². The van der Waals surface area contributed by atoms with Crippen LogP contribution in [0.5, 0.6) is 11.5 Å². The van der Waals surface area contributed by atoms with E-state index in [0.717, 1.165) is 76.5 Å². The highest BCUT2D eigenvalue weighted by atomic mass is 16.7. The van der Waals surface area contributed by atoms with Gasteiger partial charge in [-0.25, -0.2) is 9.59 Å². The highest BCUT2D eigenvalue weighted by Crippen LogP contribution is 2.40. The quantitative estimate of drug-likeness (QED) is 0.102. The molecule has 0 unspecified atom stereocenters. The number of nitrogens with zero attached hydrogens (tertiary/aromatic N) is 1. The first kappa shape index (κ1) is 40.5. The lowest BCUT2D eigenvalue weighted by Crippen LogP contribution is -2.47. The lowest BCUT2D eigenvalue weighted by Gasteiger charge is -2.39. The van der Waals surface area contributed by atoms with Gasteiger partial charge in [0.2, 0.25) is 0 Å². The van der Waals surface area contributed by atoms with Gasteiger partial charge in [0.1, 0.15) is 6.04 Å². The lowest BCUT2D eigenvalue weighted by atomic mass is 9.96. The molecule has 0 aromatic heterocycles. The van der Waals surface area contributed by atoms with Gasteiger partial charge in [0, 0.05) is 44.6 Å². The number of nitrogens with one attached hydrogen (secondary N) is 2. The normalized spacial score (nSPS) is 18.4. The second kappa shape index (κ2) is 19.1. The predicted octanol–water partition coefficient (Wildman–Crippen LogP) is 7.05. The molecule has 7 rings (SSSR count). The topological polar surface area (TPSA) is 128 Å². The molecule has 2 amide bonds. The molecule has 5 aromatic rings. The molecule has 302 valence electrons. The summed E-state index contributed by atoms with van der Waals surface area (Å²) in [6.07, 6.45) is 0.988. The number of aliphatic hydroxyl groups excluding tert-OH is 1. The Balaban J connectivity index is 1.04. The zero-order valence-electron chi connectivity index (χ0n) is 33.2. The number of carbonyl (C=O) groups is 2. The van der Waals surface area contributed by atoms with E-state index in [1.54, 1.807) is 14.2 Å². The molecule has 4 atom stereocenters. The number of hydrogen-bond donors (Lipinski definition) is 3. The number of aliphatic hydroxyl groups is 1. The van der Waals surface area contributed by atoms with E-state index in [2.05, 4.69) is 27.7 Å². The van der Waals surface area contributed by atoms with Crippen LogP contribution in [-0.4, -0.2) is 68.6 Å². The first-order chi connectivity index (χ1) is 28.3. The smallest absolute Gasteiger partial charge is 0.328 e. The van der Waals surface area contributed by atoms with Crippen molar-refractivity contribution in [2.24, 2.45) is 0 Å². The third-order valence-corrected chi connectivity index (χ3v) is 10.9. The highest BCUT2D eigenvalue weighted by molar-refractivity contribution is 5.84. The number of fused-ring (bicyclic) bond motifs is 1. The number of methoxy groups -OCH3 is 3. The molecule has 0 spiro atoms. The molecule has 11 heteroatoms. The van der Waals surface area contributed by atoms with Crippen LogP contribution < -0.4 is 20.1 Å². The minimum absolute atomic E-state index is 0.0172. The van der Waals surface area contributed by atoms with Crippen LogP contribution in [0.1, 0.15) is 57.8 Å². The molecular weight excluding hydrogens is 735 g/mol. The van der Waals surface area contributed by atoms with E-state index >= 15 is 0 Å². The van der Waals surface area contributed by atoms with E-state index in [9.17, 15) is 14.7 Å². The van der Waals surface area contributed by atoms with Crippen LogP contribution in [0.4, 0.5) is 4.79 Å². The fourth-order valence-electron chi connectivity index (χ4n) is 7.76. The minimum Gasteiger partial charge on any atom is -0.493 e. The maximum absolute atomic E-state index is 13.0. The molecule has 2 aliphatic rings. The number of esters is 1. The molecule has 0 saturated carbocycles. The second-order valence-electron chi connectivity index (χ2n) is 14.7. The van der Waals surface area contributed by atoms with Gasteiger partial charge in [0.25, 0.3) is 0 Å². The summed E-state index contributed by atoms with van der Waals surface area (Å²) in [6, 6.07) is 36.4. The van der Waals surface area contributed by atoms with Gasteiger partial charge in [-0.15, -0.1) is 0 Å². The SMILES string of the molecule is COC(=O)[C@H](Cc1ccccc1)NC(=O)NCc1ccccc1-c1ccc([C@H]2O[C@@H](CN3CCc4cc(OC)c(OC)cc4C3)C[C@@H](c3ccc(CO)cc3)O2)cc1. The van der Waals surface area contributed by atoms with Crippen molar-refractivity contribution in [3.05, 3.63) is 154 Å². The molecule has 0 aliphatic carbocycles. The molecule has 1 saturated heterocycles. The number of urea groups is 1. The molecule has 11 nitrogen and oxygen atoms in total. The third-order valence-electron chi connectivity index (χ3n) is 10.9. The summed E-state index contributed by atoms with van der Waals surface area (Å²) in [6.45, 7) is 2.64. The van der Waals surface area contributed by atoms with Gasteiger partial charge in [-0.05, 0) is 63.1 Å². The van der Waals surface area contributed by atoms with Gasteiger partial charge in [-0.3, -0.25) is 4.90 Å². The summed E-state index contributed by atoms with van der Waals surface area (Å²) < 4.78 is 29.5. The summed E-state index contributed by atoms with van der Waals surface area (Å²) in [5, 5.41) is 15.4. The number of hydrogen-bond acceptors (Lipinski definition) is 9. The van der Waals surface area contributed by atoms with Crippen molar-refractivity contribution in [3.63, 3.8) is 0 Å². The first-order valence-electron chi connectivity index (χ1n) is 19.6. The van der Waals surface area contributed by atoms with E-state index in [4.69, 9.17) is 23.7 Å². The lowest BCUT2D eigenvalue weighted by molar-refractivity contribution is -0.253. The van der Waals surface area contributed by atoms with Gasteiger partial charge >= 0.3 is 12.0 Å². The Hall–Kier alpha value is -5.72. The van der Waals surface area contributed by atoms with Crippen molar-refractivity contribution >= 4 is 12.0 Å². The Morgan fingerprint density at radius 3 is 2.21 bits per heavy atom. The average molecular weight is 786 g/mol. The highest BCUT2D eigenvalue weighted by Gasteiger charge is 2.34. The van der Waals surface area contributed by atoms with Gasteiger partial charge in [-0.1, -0.05) is 103 Å². The Labute approximate surface area is 339 Å². The van der Waals surface area contributed by atoms with Crippen LogP contribution in [0.2, 0.25) is 0 Å². The fourth-order valence-corrected chi connectivity index (χ4v) is 7.76. The minimum atomic E-state index is -0.830. The Kier molecular flexibility index (Phi) is 13.4. The molecule has 5 aromatic carbocycles. The van der Waals surface area contributed by atoms with Gasteiger partial charge in [0.15, 0.2) is 17.8 Å². The van der Waals surface area contributed by atoms with Crippen molar-refractivity contribution in [3.8, 4) is 22.6 Å². The van der Waals surface area contributed by atoms with Crippen molar-refractivity contribution in [1.82, 2.24) is 15.5 Å². The Morgan fingerprint density at radius 2 is 1.50 bits per heavy atom. The molecule has 58 heavy (non-hydrogen) atoms. The Morgan fingerprint density at radius 1 is 0.810 bits per heavy atom. The van der Waals surface area contributed by atoms with Crippen molar-refractivity contribution in [2.45, 2.75) is 63.5 Å². The van der Waals surface area contributed by atoms with Gasteiger partial charge < -0.3 is 39.4 Å². The number of benzene rings is 5. The monoisotopic (exact) mass is 785 g/mol. The second-order valence-corrected chi connectivity index (χ2v) is 14.7. The molecule has 0 radical (unpaired) electrons. The van der Waals surface area contributed by atoms with Crippen LogP contribution in [0.15, 0.2) is 115 Å². The summed E-state index contributed by atoms with van der Waals surface area (Å²) in [5.41, 5.74) is 9.05. The zero-order chi connectivity index (χ0) is 40.4. The molecular formula is C47H51N3O8. The van der Waals surface area contributed by atoms with Crippen molar-refractivity contribution in [1.29, 1.82) is 0 Å². The molecule has 2 heterocycles. The van der Waals surface area contributed by atoms with Gasteiger partial charge in [0.05, 0.1) is 40.1 Å². The maximum atomic E-state index is 13.0.